The predicted molar refractivity (Wildman–Crippen MR) is 83.0 cm³/mol. The van der Waals surface area contributed by atoms with Crippen LogP contribution in [0.15, 0.2) is 34.8 Å². The van der Waals surface area contributed by atoms with Crippen LogP contribution in [0.4, 0.5) is 0 Å². The van der Waals surface area contributed by atoms with Gasteiger partial charge in [0.05, 0.1) is 0 Å². The summed E-state index contributed by atoms with van der Waals surface area (Å²) in [6.07, 6.45) is 12.6. The summed E-state index contributed by atoms with van der Waals surface area (Å²) in [7, 11) is 0. The zero-order valence-corrected chi connectivity index (χ0v) is 12.5. The van der Waals surface area contributed by atoms with Crippen LogP contribution in [0.1, 0.15) is 43.6 Å². The molecule has 3 rings (SSSR count). The summed E-state index contributed by atoms with van der Waals surface area (Å²) in [5.41, 5.74) is 0.909. The number of carbonyl (C=O) groups excluding carboxylic acids is 1. The number of carbonyl (C=O) groups is 1. The van der Waals surface area contributed by atoms with Crippen molar-refractivity contribution >= 4 is 5.91 Å². The lowest BCUT2D eigenvalue weighted by atomic mass is 10.0. The number of hydrogen-bond acceptors (Lipinski definition) is 4. The van der Waals surface area contributed by atoms with Gasteiger partial charge in [-0.2, -0.15) is 10.2 Å². The van der Waals surface area contributed by atoms with E-state index in [1.54, 1.807) is 6.20 Å². The maximum Gasteiger partial charge on any atom is 0.220 e. The standard InChI is InChI=1S/C17H20N4O/c1-2-3-7-17(20-21-17)8-6-16(22)19-12-14-10-15(14)13-5-4-9-18-11-13/h1,4-5,9,11,14-15H,3,6-8,10,12H2,(H,19,22)/t14-,15-/m0/s1. The van der Waals surface area contributed by atoms with Crippen LogP contribution >= 0.6 is 0 Å². The third kappa shape index (κ3) is 3.70. The van der Waals surface area contributed by atoms with Gasteiger partial charge in [-0.3, -0.25) is 9.78 Å². The minimum absolute atomic E-state index is 0.0780. The zero-order chi connectivity index (χ0) is 15.4. The van der Waals surface area contributed by atoms with E-state index < -0.39 is 0 Å². The first-order valence-corrected chi connectivity index (χ1v) is 7.76. The van der Waals surface area contributed by atoms with E-state index in [4.69, 9.17) is 6.42 Å². The smallest absolute Gasteiger partial charge is 0.220 e. The normalized spacial score (nSPS) is 23.6. The lowest BCUT2D eigenvalue weighted by Crippen LogP contribution is -2.27. The number of hydrogen-bond donors (Lipinski definition) is 1. The molecule has 2 atom stereocenters. The van der Waals surface area contributed by atoms with E-state index in [0.29, 0.717) is 31.1 Å². The maximum atomic E-state index is 11.9. The van der Waals surface area contributed by atoms with E-state index in [2.05, 4.69) is 32.5 Å². The van der Waals surface area contributed by atoms with Gasteiger partial charge in [0.1, 0.15) is 0 Å². The molecule has 1 N–H and O–H groups in total. The molecular weight excluding hydrogens is 276 g/mol. The van der Waals surface area contributed by atoms with Gasteiger partial charge in [-0.1, -0.05) is 6.07 Å². The number of aromatic nitrogens is 1. The quantitative estimate of drug-likeness (QED) is 0.749. The molecule has 0 unspecified atom stereocenters. The molecule has 1 aromatic heterocycles. The number of amides is 1. The average molecular weight is 296 g/mol. The molecule has 2 aliphatic rings. The number of terminal acetylenes is 1. The second-order valence-electron chi connectivity index (χ2n) is 6.08. The van der Waals surface area contributed by atoms with Crippen molar-refractivity contribution < 1.29 is 4.79 Å². The molecule has 1 fully saturated rings. The Labute approximate surface area is 130 Å². The molecule has 1 aromatic rings. The molecule has 0 bridgehead atoms. The monoisotopic (exact) mass is 296 g/mol. The van der Waals surface area contributed by atoms with Gasteiger partial charge in [0, 0.05) is 44.6 Å². The van der Waals surface area contributed by atoms with Gasteiger partial charge in [-0.25, -0.2) is 0 Å². The van der Waals surface area contributed by atoms with Crippen LogP contribution in [0.5, 0.6) is 0 Å². The molecule has 1 saturated carbocycles. The minimum Gasteiger partial charge on any atom is -0.356 e. The summed E-state index contributed by atoms with van der Waals surface area (Å²) in [6, 6.07) is 4.06. The van der Waals surface area contributed by atoms with Crippen molar-refractivity contribution in [1.82, 2.24) is 10.3 Å². The van der Waals surface area contributed by atoms with Gasteiger partial charge in [0.2, 0.25) is 5.91 Å². The Hall–Kier alpha value is -2.22. The molecule has 5 nitrogen and oxygen atoms in total. The van der Waals surface area contributed by atoms with Gasteiger partial charge >= 0.3 is 0 Å². The van der Waals surface area contributed by atoms with E-state index in [9.17, 15) is 4.79 Å². The lowest BCUT2D eigenvalue weighted by Gasteiger charge is -2.09. The second-order valence-corrected chi connectivity index (χ2v) is 6.08. The highest BCUT2D eigenvalue weighted by Gasteiger charge is 2.40. The Kier molecular flexibility index (Phi) is 4.19. The Morgan fingerprint density at radius 1 is 1.45 bits per heavy atom. The molecule has 0 saturated heterocycles. The van der Waals surface area contributed by atoms with Crippen molar-refractivity contribution in [1.29, 1.82) is 0 Å². The van der Waals surface area contributed by atoms with E-state index in [1.807, 2.05) is 12.3 Å². The van der Waals surface area contributed by atoms with Crippen molar-refractivity contribution in [2.24, 2.45) is 16.1 Å². The molecule has 114 valence electrons. The summed E-state index contributed by atoms with van der Waals surface area (Å²) in [4.78, 5) is 16.1. The highest BCUT2D eigenvalue weighted by atomic mass is 16.1. The lowest BCUT2D eigenvalue weighted by molar-refractivity contribution is -0.121. The van der Waals surface area contributed by atoms with Crippen molar-refractivity contribution in [3.05, 3.63) is 30.1 Å². The highest BCUT2D eigenvalue weighted by Crippen LogP contribution is 2.46. The maximum absolute atomic E-state index is 11.9. The SMILES string of the molecule is C#CCCC1(CCC(=O)NC[C@@H]2C[C@H]2c2cccnc2)N=N1. The van der Waals surface area contributed by atoms with E-state index >= 15 is 0 Å². The van der Waals surface area contributed by atoms with Crippen molar-refractivity contribution in [2.75, 3.05) is 6.54 Å². The van der Waals surface area contributed by atoms with Crippen LogP contribution in [0.3, 0.4) is 0 Å². The third-order valence-corrected chi connectivity index (χ3v) is 4.40. The first kappa shape index (κ1) is 14.7. The largest absolute Gasteiger partial charge is 0.356 e. The number of nitrogens with one attached hydrogen (secondary N) is 1. The van der Waals surface area contributed by atoms with Crippen LogP contribution in [0.2, 0.25) is 0 Å². The van der Waals surface area contributed by atoms with Crippen LogP contribution < -0.4 is 5.32 Å². The molecule has 5 heteroatoms. The summed E-state index contributed by atoms with van der Waals surface area (Å²) < 4.78 is 0. The molecule has 0 spiro atoms. The Balaban J connectivity index is 1.33. The summed E-state index contributed by atoms with van der Waals surface area (Å²) in [5, 5.41) is 11.1. The molecule has 22 heavy (non-hydrogen) atoms. The molecule has 0 aromatic carbocycles. The van der Waals surface area contributed by atoms with Crippen LogP contribution in [-0.2, 0) is 4.79 Å². The molecule has 1 aliphatic carbocycles. The number of pyridine rings is 1. The average Bonchev–Trinajstić information content (AvgIpc) is 3.46. The van der Waals surface area contributed by atoms with E-state index in [-0.39, 0.29) is 11.6 Å². The van der Waals surface area contributed by atoms with Gasteiger partial charge < -0.3 is 5.32 Å². The van der Waals surface area contributed by atoms with Crippen LogP contribution in [0, 0.1) is 18.3 Å². The molecule has 1 aliphatic heterocycles. The number of nitrogens with zero attached hydrogens (tertiary/aromatic N) is 3. The van der Waals surface area contributed by atoms with E-state index in [0.717, 1.165) is 19.4 Å². The predicted octanol–water partition coefficient (Wildman–Crippen LogP) is 2.66. The van der Waals surface area contributed by atoms with Gasteiger partial charge in [-0.15, -0.1) is 12.3 Å². The fraction of sp³-hybridized carbons (Fsp3) is 0.529. The first-order chi connectivity index (χ1) is 10.7. The fourth-order valence-electron chi connectivity index (χ4n) is 2.79. The van der Waals surface area contributed by atoms with E-state index in [1.165, 1.54) is 5.56 Å². The second kappa shape index (κ2) is 6.27. The highest BCUT2D eigenvalue weighted by molar-refractivity contribution is 5.76. The topological polar surface area (TPSA) is 66.7 Å². The Morgan fingerprint density at radius 3 is 3.00 bits per heavy atom. The van der Waals surface area contributed by atoms with Crippen LogP contribution in [-0.4, -0.2) is 23.1 Å². The summed E-state index contributed by atoms with van der Waals surface area (Å²) in [5.74, 6) is 3.76. The van der Waals surface area contributed by atoms with Crippen molar-refractivity contribution in [3.63, 3.8) is 0 Å². The Morgan fingerprint density at radius 2 is 2.32 bits per heavy atom. The van der Waals surface area contributed by atoms with Crippen LogP contribution in [0.25, 0.3) is 0 Å². The number of rotatable bonds is 8. The first-order valence-electron chi connectivity index (χ1n) is 7.76. The summed E-state index contributed by atoms with van der Waals surface area (Å²) >= 11 is 0. The molecule has 1 amide bonds. The van der Waals surface area contributed by atoms with Gasteiger partial charge in [0.15, 0.2) is 5.66 Å². The summed E-state index contributed by atoms with van der Waals surface area (Å²) in [6.45, 7) is 0.740. The fourth-order valence-corrected chi connectivity index (χ4v) is 2.79. The van der Waals surface area contributed by atoms with Gasteiger partial charge in [0.25, 0.3) is 0 Å². The zero-order valence-electron chi connectivity index (χ0n) is 12.5. The molecule has 2 heterocycles. The van der Waals surface area contributed by atoms with Crippen molar-refractivity contribution in [2.45, 2.75) is 43.7 Å². The minimum atomic E-state index is -0.360. The third-order valence-electron chi connectivity index (χ3n) is 4.40. The molecule has 0 radical (unpaired) electrons. The van der Waals surface area contributed by atoms with Gasteiger partial charge in [-0.05, 0) is 29.9 Å². The molecular formula is C17H20N4O. The van der Waals surface area contributed by atoms with Crippen molar-refractivity contribution in [3.8, 4) is 12.3 Å². The Bertz CT molecular complexity index is 599.